The third-order valence-corrected chi connectivity index (χ3v) is 3.82. The highest BCUT2D eigenvalue weighted by atomic mass is 16.2. The smallest absolute Gasteiger partial charge is 0.244 e. The molecule has 1 aromatic heterocycles. The Kier molecular flexibility index (Phi) is 4.05. The van der Waals surface area contributed by atoms with E-state index < -0.39 is 0 Å². The van der Waals surface area contributed by atoms with E-state index in [2.05, 4.69) is 9.98 Å². The number of hydrazine groups is 1. The third kappa shape index (κ3) is 2.64. The number of hydrogen-bond acceptors (Lipinski definition) is 4. The molecule has 2 amide bonds. The van der Waals surface area contributed by atoms with E-state index in [9.17, 15) is 9.59 Å². The Morgan fingerprint density at radius 2 is 1.75 bits per heavy atom. The quantitative estimate of drug-likeness (QED) is 0.850. The maximum Gasteiger partial charge on any atom is 0.244 e. The zero-order valence-electron chi connectivity index (χ0n) is 14.3. The molecule has 24 heavy (non-hydrogen) atoms. The summed E-state index contributed by atoms with van der Waals surface area (Å²) in [5.74, 6) is 0.391. The third-order valence-electron chi connectivity index (χ3n) is 3.82. The Morgan fingerprint density at radius 3 is 2.38 bits per heavy atom. The van der Waals surface area contributed by atoms with Crippen molar-refractivity contribution in [2.45, 2.75) is 34.1 Å². The number of rotatable bonds is 2. The number of pyridine rings is 1. The number of aliphatic imine (C=N–C) groups is 1. The van der Waals surface area contributed by atoms with Crippen molar-refractivity contribution < 1.29 is 9.59 Å². The van der Waals surface area contributed by atoms with Gasteiger partial charge in [-0.25, -0.2) is 10.0 Å². The first-order valence-corrected chi connectivity index (χ1v) is 7.96. The Balaban J connectivity index is 2.31. The van der Waals surface area contributed by atoms with Crippen molar-refractivity contribution in [2.75, 3.05) is 5.01 Å². The van der Waals surface area contributed by atoms with Gasteiger partial charge in [0, 0.05) is 25.7 Å². The molecule has 1 aliphatic rings. The fourth-order valence-electron chi connectivity index (χ4n) is 2.94. The first-order valence-electron chi connectivity index (χ1n) is 7.96. The molecule has 1 aliphatic heterocycles. The fourth-order valence-corrected chi connectivity index (χ4v) is 2.94. The van der Waals surface area contributed by atoms with Gasteiger partial charge >= 0.3 is 0 Å². The second-order valence-electron chi connectivity index (χ2n) is 6.30. The van der Waals surface area contributed by atoms with E-state index in [-0.39, 0.29) is 11.8 Å². The molecule has 2 heterocycles. The van der Waals surface area contributed by atoms with Gasteiger partial charge in [0.1, 0.15) is 17.2 Å². The lowest BCUT2D eigenvalue weighted by Gasteiger charge is -2.38. The molecule has 0 fully saturated rings. The number of carbonyl (C=O) groups is 2. The van der Waals surface area contributed by atoms with Gasteiger partial charge in [-0.2, -0.15) is 5.01 Å². The summed E-state index contributed by atoms with van der Waals surface area (Å²) in [7, 11) is 0. The van der Waals surface area contributed by atoms with E-state index >= 15 is 0 Å². The Labute approximate surface area is 140 Å². The SMILES string of the molecule is CC(=O)N1C(CC(C)C)=Nc2cnc3ccccc3c2N1C(C)=O. The highest BCUT2D eigenvalue weighted by molar-refractivity contribution is 6.14. The molecule has 6 nitrogen and oxygen atoms in total. The number of carbonyl (C=O) groups excluding carboxylic acids is 2. The molecule has 0 unspecified atom stereocenters. The Bertz CT molecular complexity index is 857. The average Bonchev–Trinajstić information content (AvgIpc) is 2.52. The molecule has 0 aliphatic carbocycles. The van der Waals surface area contributed by atoms with Crippen LogP contribution in [0.15, 0.2) is 35.5 Å². The van der Waals surface area contributed by atoms with Crippen molar-refractivity contribution in [1.29, 1.82) is 0 Å². The molecule has 6 heteroatoms. The molecule has 1 aromatic carbocycles. The zero-order chi connectivity index (χ0) is 17.4. The van der Waals surface area contributed by atoms with Crippen LogP contribution in [-0.4, -0.2) is 27.6 Å². The minimum absolute atomic E-state index is 0.237. The van der Waals surface area contributed by atoms with Gasteiger partial charge in [-0.1, -0.05) is 32.0 Å². The molecule has 0 spiro atoms. The predicted octanol–water partition coefficient (Wildman–Crippen LogP) is 3.44. The molecule has 0 saturated carbocycles. The van der Waals surface area contributed by atoms with Gasteiger partial charge in [0.15, 0.2) is 0 Å². The molecule has 0 radical (unpaired) electrons. The summed E-state index contributed by atoms with van der Waals surface area (Å²) in [4.78, 5) is 33.8. The van der Waals surface area contributed by atoms with Gasteiger partial charge in [-0.05, 0) is 12.0 Å². The van der Waals surface area contributed by atoms with E-state index in [0.717, 1.165) is 10.9 Å². The molecule has 124 valence electrons. The van der Waals surface area contributed by atoms with Crippen molar-refractivity contribution in [3.63, 3.8) is 0 Å². The van der Waals surface area contributed by atoms with Gasteiger partial charge < -0.3 is 0 Å². The number of benzene rings is 1. The minimum atomic E-state index is -0.240. The normalized spacial score (nSPS) is 14.0. The number of hydrogen-bond donors (Lipinski definition) is 0. The summed E-state index contributed by atoms with van der Waals surface area (Å²) in [6.07, 6.45) is 2.25. The van der Waals surface area contributed by atoms with Crippen LogP contribution in [-0.2, 0) is 9.59 Å². The Morgan fingerprint density at radius 1 is 1.08 bits per heavy atom. The highest BCUT2D eigenvalue weighted by Gasteiger charge is 2.34. The molecule has 2 aromatic rings. The number of amides is 2. The molecule has 0 atom stereocenters. The van der Waals surface area contributed by atoms with E-state index in [0.29, 0.717) is 29.5 Å². The van der Waals surface area contributed by atoms with Gasteiger partial charge in [0.05, 0.1) is 11.7 Å². The van der Waals surface area contributed by atoms with Crippen LogP contribution in [0, 0.1) is 5.92 Å². The van der Waals surface area contributed by atoms with E-state index in [1.807, 2.05) is 38.1 Å². The second-order valence-corrected chi connectivity index (χ2v) is 6.30. The number of anilines is 1. The topological polar surface area (TPSA) is 65.9 Å². The maximum atomic E-state index is 12.4. The van der Waals surface area contributed by atoms with Crippen LogP contribution in [0.1, 0.15) is 34.1 Å². The van der Waals surface area contributed by atoms with Crippen molar-refractivity contribution in [3.8, 4) is 0 Å². The van der Waals surface area contributed by atoms with Crippen molar-refractivity contribution >= 4 is 39.9 Å². The van der Waals surface area contributed by atoms with Crippen LogP contribution in [0.3, 0.4) is 0 Å². The fraction of sp³-hybridized carbons (Fsp3) is 0.333. The zero-order valence-corrected chi connectivity index (χ0v) is 14.3. The largest absolute Gasteiger partial charge is 0.273 e. The summed E-state index contributed by atoms with van der Waals surface area (Å²) >= 11 is 0. The monoisotopic (exact) mass is 324 g/mol. The lowest BCUT2D eigenvalue weighted by molar-refractivity contribution is -0.130. The first kappa shape index (κ1) is 16.1. The number of nitrogens with zero attached hydrogens (tertiary/aromatic N) is 4. The van der Waals surface area contributed by atoms with E-state index in [1.54, 1.807) is 6.20 Å². The Hall–Kier alpha value is -2.76. The standard InChI is InChI=1S/C18H20N4O2/c1-11(2)9-17-20-16-10-19-15-8-6-5-7-14(15)18(16)22(13(4)24)21(17)12(3)23/h5-8,10-11H,9H2,1-4H3. The summed E-state index contributed by atoms with van der Waals surface area (Å²) in [6.45, 7) is 6.99. The van der Waals surface area contributed by atoms with E-state index in [4.69, 9.17) is 0 Å². The number of amidine groups is 1. The summed E-state index contributed by atoms with van der Waals surface area (Å²) < 4.78 is 0. The van der Waals surface area contributed by atoms with Gasteiger partial charge in [0.2, 0.25) is 11.8 Å². The molecule has 0 N–H and O–H groups in total. The van der Waals surface area contributed by atoms with Gasteiger partial charge in [-0.15, -0.1) is 0 Å². The molecular formula is C18H20N4O2. The van der Waals surface area contributed by atoms with Crippen molar-refractivity contribution in [3.05, 3.63) is 30.5 Å². The summed E-state index contributed by atoms with van der Waals surface area (Å²) in [6, 6.07) is 7.53. The lowest BCUT2D eigenvalue weighted by atomic mass is 10.1. The summed E-state index contributed by atoms with van der Waals surface area (Å²) in [5.41, 5.74) is 1.97. The molecule has 0 saturated heterocycles. The van der Waals surface area contributed by atoms with Crippen molar-refractivity contribution in [2.24, 2.45) is 10.9 Å². The first-order chi connectivity index (χ1) is 11.4. The summed E-state index contributed by atoms with van der Waals surface area (Å²) in [5, 5.41) is 3.60. The van der Waals surface area contributed by atoms with Gasteiger partial charge in [0.25, 0.3) is 0 Å². The number of fused-ring (bicyclic) bond motifs is 3. The lowest BCUT2D eigenvalue weighted by Crippen LogP contribution is -2.53. The van der Waals surface area contributed by atoms with Crippen LogP contribution in [0.25, 0.3) is 10.9 Å². The average molecular weight is 324 g/mol. The van der Waals surface area contributed by atoms with Crippen LogP contribution in [0.2, 0.25) is 0 Å². The molecular weight excluding hydrogens is 304 g/mol. The van der Waals surface area contributed by atoms with Crippen LogP contribution < -0.4 is 5.01 Å². The van der Waals surface area contributed by atoms with Crippen LogP contribution >= 0.6 is 0 Å². The predicted molar refractivity (Wildman–Crippen MR) is 94.0 cm³/mol. The van der Waals surface area contributed by atoms with Crippen molar-refractivity contribution in [1.82, 2.24) is 9.99 Å². The second kappa shape index (κ2) is 6.03. The van der Waals surface area contributed by atoms with E-state index in [1.165, 1.54) is 23.9 Å². The molecule has 0 bridgehead atoms. The maximum absolute atomic E-state index is 12.4. The molecule has 3 rings (SSSR count). The number of para-hydroxylation sites is 1. The minimum Gasteiger partial charge on any atom is -0.273 e. The van der Waals surface area contributed by atoms with Gasteiger partial charge in [-0.3, -0.25) is 14.6 Å². The van der Waals surface area contributed by atoms with Crippen LogP contribution in [0.5, 0.6) is 0 Å². The number of aromatic nitrogens is 1. The highest BCUT2D eigenvalue weighted by Crippen LogP contribution is 2.40. The van der Waals surface area contributed by atoms with Crippen LogP contribution in [0.4, 0.5) is 11.4 Å².